The highest BCUT2D eigenvalue weighted by Gasteiger charge is 2.24. The molecule has 0 spiro atoms. The van der Waals surface area contributed by atoms with Crippen LogP contribution in [0.2, 0.25) is 0 Å². The molecule has 1 aromatic rings. The largest absolute Gasteiger partial charge is 0.397 e. The first kappa shape index (κ1) is 14.3. The third-order valence-corrected chi connectivity index (χ3v) is 3.39. The molecule has 0 aliphatic heterocycles. The van der Waals surface area contributed by atoms with Crippen molar-refractivity contribution in [3.05, 3.63) is 10.4 Å². The third kappa shape index (κ3) is 2.73. The number of carbonyl (C=O) groups excluding carboxylic acids is 2. The molecule has 0 saturated carbocycles. The van der Waals surface area contributed by atoms with Gasteiger partial charge in [0.25, 0.3) is 11.8 Å². The molecule has 0 saturated heterocycles. The van der Waals surface area contributed by atoms with Gasteiger partial charge in [-0.1, -0.05) is 0 Å². The first-order valence-corrected chi connectivity index (χ1v) is 6.37. The lowest BCUT2D eigenvalue weighted by Gasteiger charge is -2.09. The molecule has 100 valence electrons. The second kappa shape index (κ2) is 5.72. The first-order chi connectivity index (χ1) is 8.42. The van der Waals surface area contributed by atoms with E-state index in [-0.39, 0.29) is 23.5 Å². The lowest BCUT2D eigenvalue weighted by molar-refractivity contribution is 0.0963. The predicted octanol–water partition coefficient (Wildman–Crippen LogP) is 0.870. The van der Waals surface area contributed by atoms with Crippen LogP contribution in [0.1, 0.15) is 33.9 Å². The Labute approximate surface area is 110 Å². The highest BCUT2D eigenvalue weighted by Crippen LogP contribution is 2.36. The number of carbonyl (C=O) groups is 2. The van der Waals surface area contributed by atoms with Crippen LogP contribution in [0.5, 0.6) is 0 Å². The van der Waals surface area contributed by atoms with Crippen LogP contribution < -0.4 is 21.7 Å². The quantitative estimate of drug-likeness (QED) is 0.652. The number of amides is 2. The van der Waals surface area contributed by atoms with E-state index in [2.05, 4.69) is 16.0 Å². The number of nitrogen functional groups attached to an aromatic ring is 1. The molecule has 1 heterocycles. The number of nitrogens with one attached hydrogen (secondary N) is 3. The summed E-state index contributed by atoms with van der Waals surface area (Å²) in [7, 11) is 3.05. The standard InChI is InChI=1S/C11H18N4O2S/c1-5(2)15-11-6(9(16)13-3)7(12)8(18-11)10(17)14-4/h5,15H,12H2,1-4H3,(H,13,16)(H,14,17). The van der Waals surface area contributed by atoms with Gasteiger partial charge in [0.05, 0.1) is 11.3 Å². The van der Waals surface area contributed by atoms with Crippen molar-refractivity contribution in [2.24, 2.45) is 0 Å². The molecule has 0 unspecified atom stereocenters. The summed E-state index contributed by atoms with van der Waals surface area (Å²) in [4.78, 5) is 23.8. The summed E-state index contributed by atoms with van der Waals surface area (Å²) in [6.45, 7) is 3.90. The summed E-state index contributed by atoms with van der Waals surface area (Å²) >= 11 is 1.18. The van der Waals surface area contributed by atoms with E-state index in [0.717, 1.165) is 0 Å². The van der Waals surface area contributed by atoms with Crippen LogP contribution in [0.15, 0.2) is 0 Å². The summed E-state index contributed by atoms with van der Waals surface area (Å²) in [5.41, 5.74) is 6.42. The zero-order chi connectivity index (χ0) is 13.9. The molecule has 7 heteroatoms. The van der Waals surface area contributed by atoms with E-state index in [4.69, 9.17) is 5.73 Å². The molecule has 0 aromatic carbocycles. The van der Waals surface area contributed by atoms with E-state index in [1.807, 2.05) is 13.8 Å². The van der Waals surface area contributed by atoms with Crippen LogP contribution in [0.25, 0.3) is 0 Å². The maximum absolute atomic E-state index is 11.8. The Balaban J connectivity index is 3.31. The van der Waals surface area contributed by atoms with Gasteiger partial charge in [-0.25, -0.2) is 0 Å². The van der Waals surface area contributed by atoms with Crippen LogP contribution in [-0.2, 0) is 0 Å². The average Bonchev–Trinajstić information content (AvgIpc) is 2.63. The summed E-state index contributed by atoms with van der Waals surface area (Å²) in [6, 6.07) is 0.143. The van der Waals surface area contributed by atoms with Gasteiger partial charge in [-0.15, -0.1) is 11.3 Å². The number of hydrogen-bond acceptors (Lipinski definition) is 5. The minimum Gasteiger partial charge on any atom is -0.397 e. The van der Waals surface area contributed by atoms with Crippen molar-refractivity contribution in [1.29, 1.82) is 0 Å². The van der Waals surface area contributed by atoms with Crippen LogP contribution in [-0.4, -0.2) is 32.0 Å². The van der Waals surface area contributed by atoms with E-state index in [1.54, 1.807) is 0 Å². The summed E-state index contributed by atoms with van der Waals surface area (Å²) in [5.74, 6) is -0.596. The van der Waals surface area contributed by atoms with Gasteiger partial charge in [-0.3, -0.25) is 9.59 Å². The zero-order valence-corrected chi connectivity index (χ0v) is 11.7. The topological polar surface area (TPSA) is 96.2 Å². The molecular formula is C11H18N4O2S. The van der Waals surface area contributed by atoms with Gasteiger partial charge in [-0.2, -0.15) is 0 Å². The fourth-order valence-electron chi connectivity index (χ4n) is 1.44. The maximum Gasteiger partial charge on any atom is 0.263 e. The Morgan fingerprint density at radius 1 is 1.17 bits per heavy atom. The van der Waals surface area contributed by atoms with E-state index in [0.29, 0.717) is 15.4 Å². The van der Waals surface area contributed by atoms with E-state index < -0.39 is 0 Å². The third-order valence-electron chi connectivity index (χ3n) is 2.25. The molecule has 0 aliphatic rings. The van der Waals surface area contributed by atoms with Crippen molar-refractivity contribution < 1.29 is 9.59 Å². The molecular weight excluding hydrogens is 252 g/mol. The maximum atomic E-state index is 11.8. The number of nitrogens with two attached hydrogens (primary N) is 1. The number of thiophene rings is 1. The van der Waals surface area contributed by atoms with Gasteiger partial charge in [0, 0.05) is 20.1 Å². The fourth-order valence-corrected chi connectivity index (χ4v) is 2.65. The summed E-state index contributed by atoms with van der Waals surface area (Å²) in [5, 5.41) is 8.76. The molecule has 18 heavy (non-hydrogen) atoms. The van der Waals surface area contributed by atoms with Gasteiger partial charge >= 0.3 is 0 Å². The van der Waals surface area contributed by atoms with E-state index in [1.165, 1.54) is 25.4 Å². The molecule has 1 aromatic heterocycles. The Bertz CT molecular complexity index is 468. The first-order valence-electron chi connectivity index (χ1n) is 5.55. The average molecular weight is 270 g/mol. The number of anilines is 2. The van der Waals surface area contributed by atoms with Crippen LogP contribution in [0, 0.1) is 0 Å². The van der Waals surface area contributed by atoms with E-state index >= 15 is 0 Å². The van der Waals surface area contributed by atoms with Crippen molar-refractivity contribution in [3.63, 3.8) is 0 Å². The van der Waals surface area contributed by atoms with Crippen molar-refractivity contribution >= 4 is 33.8 Å². The molecule has 2 amide bonds. The minimum atomic E-state index is -0.304. The second-order valence-corrected chi connectivity index (χ2v) is 5.03. The van der Waals surface area contributed by atoms with Crippen LogP contribution >= 0.6 is 11.3 Å². The van der Waals surface area contributed by atoms with Crippen molar-refractivity contribution in [2.45, 2.75) is 19.9 Å². The smallest absolute Gasteiger partial charge is 0.263 e. The predicted molar refractivity (Wildman–Crippen MR) is 74.3 cm³/mol. The van der Waals surface area contributed by atoms with Gasteiger partial charge < -0.3 is 21.7 Å². The van der Waals surface area contributed by atoms with Gasteiger partial charge in [0.15, 0.2) is 0 Å². The minimum absolute atomic E-state index is 0.143. The second-order valence-electron chi connectivity index (χ2n) is 4.01. The molecule has 0 bridgehead atoms. The molecule has 0 radical (unpaired) electrons. The normalized spacial score (nSPS) is 10.3. The lowest BCUT2D eigenvalue weighted by Crippen LogP contribution is -2.22. The van der Waals surface area contributed by atoms with Gasteiger partial charge in [0.2, 0.25) is 0 Å². The summed E-state index contributed by atoms with van der Waals surface area (Å²) < 4.78 is 0. The molecule has 0 atom stereocenters. The Hall–Kier alpha value is -1.76. The van der Waals surface area contributed by atoms with E-state index in [9.17, 15) is 9.59 Å². The van der Waals surface area contributed by atoms with Crippen LogP contribution in [0.4, 0.5) is 10.7 Å². The van der Waals surface area contributed by atoms with Gasteiger partial charge in [-0.05, 0) is 13.8 Å². The zero-order valence-electron chi connectivity index (χ0n) is 10.9. The highest BCUT2D eigenvalue weighted by atomic mass is 32.1. The molecule has 0 aliphatic carbocycles. The number of rotatable bonds is 4. The molecule has 0 fully saturated rings. The lowest BCUT2D eigenvalue weighted by atomic mass is 10.2. The number of hydrogen-bond donors (Lipinski definition) is 4. The Kier molecular flexibility index (Phi) is 4.55. The van der Waals surface area contributed by atoms with Crippen molar-refractivity contribution in [2.75, 3.05) is 25.1 Å². The van der Waals surface area contributed by atoms with Gasteiger partial charge in [0.1, 0.15) is 9.88 Å². The summed E-state index contributed by atoms with van der Waals surface area (Å²) in [6.07, 6.45) is 0. The van der Waals surface area contributed by atoms with Crippen molar-refractivity contribution in [3.8, 4) is 0 Å². The van der Waals surface area contributed by atoms with Crippen LogP contribution in [0.3, 0.4) is 0 Å². The fraction of sp³-hybridized carbons (Fsp3) is 0.455. The molecule has 1 rings (SSSR count). The molecule has 5 N–H and O–H groups in total. The highest BCUT2D eigenvalue weighted by molar-refractivity contribution is 7.19. The monoisotopic (exact) mass is 270 g/mol. The molecule has 6 nitrogen and oxygen atoms in total. The SMILES string of the molecule is CNC(=O)c1sc(NC(C)C)c(C(=O)NC)c1N. The van der Waals surface area contributed by atoms with Crippen molar-refractivity contribution in [1.82, 2.24) is 10.6 Å². The Morgan fingerprint density at radius 3 is 2.17 bits per heavy atom. The Morgan fingerprint density at radius 2 is 1.72 bits per heavy atom.